The fourth-order valence-corrected chi connectivity index (χ4v) is 2.78. The fourth-order valence-electron chi connectivity index (χ4n) is 2.62. The summed E-state index contributed by atoms with van der Waals surface area (Å²) in [7, 11) is 1.59. The van der Waals surface area contributed by atoms with Crippen molar-refractivity contribution in [1.82, 2.24) is 4.90 Å². The van der Waals surface area contributed by atoms with Gasteiger partial charge in [-0.3, -0.25) is 4.79 Å². The fraction of sp³-hybridized carbons (Fsp3) is 0.562. The molecule has 0 aliphatic carbocycles. The van der Waals surface area contributed by atoms with Crippen molar-refractivity contribution in [3.8, 4) is 5.75 Å². The number of ketones is 1. The van der Waals surface area contributed by atoms with Gasteiger partial charge in [-0.25, -0.2) is 0 Å². The Morgan fingerprint density at radius 1 is 1.30 bits per heavy atom. The average Bonchev–Trinajstić information content (AvgIpc) is 2.48. The van der Waals surface area contributed by atoms with Crippen LogP contribution in [0.1, 0.15) is 41.6 Å². The number of ether oxygens (including phenoxy) is 1. The van der Waals surface area contributed by atoms with Crippen molar-refractivity contribution in [3.05, 3.63) is 28.3 Å². The van der Waals surface area contributed by atoms with Crippen molar-refractivity contribution in [1.29, 1.82) is 0 Å². The number of benzene rings is 1. The summed E-state index contributed by atoms with van der Waals surface area (Å²) in [6.07, 6.45) is 4.32. The molecule has 1 aromatic rings. The number of piperidine rings is 1. The van der Waals surface area contributed by atoms with Crippen LogP contribution < -0.4 is 4.74 Å². The normalized spacial score (nSPS) is 16.1. The maximum atomic E-state index is 12.4. The molecule has 1 aliphatic heterocycles. The van der Waals surface area contributed by atoms with E-state index in [-0.39, 0.29) is 5.78 Å². The van der Waals surface area contributed by atoms with E-state index in [0.29, 0.717) is 22.8 Å². The van der Waals surface area contributed by atoms with Crippen LogP contribution in [0, 0.1) is 6.92 Å². The zero-order valence-corrected chi connectivity index (χ0v) is 13.0. The molecular weight excluding hydrogens is 274 g/mol. The molecule has 110 valence electrons. The van der Waals surface area contributed by atoms with Gasteiger partial charge in [-0.15, -0.1) is 0 Å². The molecule has 0 saturated carbocycles. The lowest BCUT2D eigenvalue weighted by Crippen LogP contribution is -2.31. The first-order chi connectivity index (χ1) is 9.61. The van der Waals surface area contributed by atoms with Gasteiger partial charge in [0.15, 0.2) is 5.78 Å². The van der Waals surface area contributed by atoms with Crippen molar-refractivity contribution in [2.75, 3.05) is 26.7 Å². The number of carbonyl (C=O) groups is 1. The lowest BCUT2D eigenvalue weighted by atomic mass is 10.0. The lowest BCUT2D eigenvalue weighted by Gasteiger charge is -2.26. The van der Waals surface area contributed by atoms with Crippen molar-refractivity contribution in [3.63, 3.8) is 0 Å². The van der Waals surface area contributed by atoms with Crippen LogP contribution in [-0.4, -0.2) is 37.4 Å². The quantitative estimate of drug-likeness (QED) is 0.776. The van der Waals surface area contributed by atoms with Gasteiger partial charge in [0.1, 0.15) is 5.75 Å². The molecule has 1 saturated heterocycles. The van der Waals surface area contributed by atoms with Gasteiger partial charge in [0.25, 0.3) is 0 Å². The predicted octanol–water partition coefficient (Wildman–Crippen LogP) is 3.72. The summed E-state index contributed by atoms with van der Waals surface area (Å²) < 4.78 is 5.30. The van der Waals surface area contributed by atoms with E-state index in [0.717, 1.165) is 25.2 Å². The molecule has 20 heavy (non-hydrogen) atoms. The summed E-state index contributed by atoms with van der Waals surface area (Å²) in [6, 6.07) is 3.56. The van der Waals surface area contributed by atoms with Crippen molar-refractivity contribution >= 4 is 17.4 Å². The topological polar surface area (TPSA) is 29.5 Å². The first kappa shape index (κ1) is 15.3. The molecule has 0 unspecified atom stereocenters. The number of Topliss-reactive ketones (excluding diaryl/α,β-unsaturated/α-hetero) is 1. The Kier molecular flexibility index (Phi) is 5.44. The minimum Gasteiger partial charge on any atom is -0.496 e. The molecule has 2 rings (SSSR count). The molecule has 4 heteroatoms. The number of hydrogen-bond donors (Lipinski definition) is 0. The third kappa shape index (κ3) is 3.74. The molecule has 3 nitrogen and oxygen atoms in total. The zero-order valence-electron chi connectivity index (χ0n) is 12.2. The highest BCUT2D eigenvalue weighted by Crippen LogP contribution is 2.27. The highest BCUT2D eigenvalue weighted by molar-refractivity contribution is 6.31. The van der Waals surface area contributed by atoms with Crippen LogP contribution in [0.5, 0.6) is 5.75 Å². The van der Waals surface area contributed by atoms with Gasteiger partial charge in [0.2, 0.25) is 0 Å². The molecule has 1 heterocycles. The Balaban J connectivity index is 2.02. The maximum Gasteiger partial charge on any atom is 0.167 e. The highest BCUT2D eigenvalue weighted by Gasteiger charge is 2.17. The second kappa shape index (κ2) is 7.09. The van der Waals surface area contributed by atoms with Crippen LogP contribution >= 0.6 is 11.6 Å². The van der Waals surface area contributed by atoms with Crippen molar-refractivity contribution < 1.29 is 9.53 Å². The number of likely N-dealkylation sites (tertiary alicyclic amines) is 1. The van der Waals surface area contributed by atoms with E-state index in [1.54, 1.807) is 13.2 Å². The van der Waals surface area contributed by atoms with Crippen LogP contribution in [0.25, 0.3) is 0 Å². The third-order valence-electron chi connectivity index (χ3n) is 3.88. The molecule has 0 N–H and O–H groups in total. The molecule has 1 aromatic carbocycles. The van der Waals surface area contributed by atoms with Crippen LogP contribution in [0.2, 0.25) is 5.02 Å². The minimum atomic E-state index is 0.106. The number of carbonyl (C=O) groups excluding carboxylic acids is 1. The summed E-state index contributed by atoms with van der Waals surface area (Å²) in [5.74, 6) is 0.727. The average molecular weight is 296 g/mol. The summed E-state index contributed by atoms with van der Waals surface area (Å²) >= 11 is 6.12. The SMILES string of the molecule is COc1cc(C)c(Cl)cc1C(=O)CCN1CCCCC1. The zero-order chi connectivity index (χ0) is 14.5. The van der Waals surface area contributed by atoms with E-state index in [1.165, 1.54) is 19.3 Å². The second-order valence-corrected chi connectivity index (χ2v) is 5.78. The van der Waals surface area contributed by atoms with Gasteiger partial charge in [-0.2, -0.15) is 0 Å². The Hall–Kier alpha value is -1.06. The lowest BCUT2D eigenvalue weighted by molar-refractivity contribution is 0.0955. The summed E-state index contributed by atoms with van der Waals surface area (Å²) in [5.41, 5.74) is 1.52. The van der Waals surface area contributed by atoms with Gasteiger partial charge < -0.3 is 9.64 Å². The first-order valence-corrected chi connectivity index (χ1v) is 7.59. The van der Waals surface area contributed by atoms with Crippen molar-refractivity contribution in [2.45, 2.75) is 32.6 Å². The molecule has 1 fully saturated rings. The van der Waals surface area contributed by atoms with E-state index in [9.17, 15) is 4.79 Å². The van der Waals surface area contributed by atoms with Gasteiger partial charge in [0.05, 0.1) is 12.7 Å². The third-order valence-corrected chi connectivity index (χ3v) is 4.29. The number of nitrogens with zero attached hydrogens (tertiary/aromatic N) is 1. The number of aryl methyl sites for hydroxylation is 1. The number of methoxy groups -OCH3 is 1. The van der Waals surface area contributed by atoms with E-state index in [2.05, 4.69) is 4.90 Å². The Labute approximate surface area is 125 Å². The Morgan fingerprint density at radius 3 is 2.65 bits per heavy atom. The smallest absolute Gasteiger partial charge is 0.167 e. The number of hydrogen-bond acceptors (Lipinski definition) is 3. The van der Waals surface area contributed by atoms with Gasteiger partial charge in [0, 0.05) is 18.0 Å². The van der Waals surface area contributed by atoms with Crippen LogP contribution in [0.3, 0.4) is 0 Å². The molecular formula is C16H22ClNO2. The van der Waals surface area contributed by atoms with Crippen molar-refractivity contribution in [2.24, 2.45) is 0 Å². The largest absolute Gasteiger partial charge is 0.496 e. The van der Waals surface area contributed by atoms with E-state index < -0.39 is 0 Å². The molecule has 0 bridgehead atoms. The minimum absolute atomic E-state index is 0.106. The van der Waals surface area contributed by atoms with E-state index >= 15 is 0 Å². The highest BCUT2D eigenvalue weighted by atomic mass is 35.5. The molecule has 0 radical (unpaired) electrons. The number of halogens is 1. The molecule has 0 spiro atoms. The summed E-state index contributed by atoms with van der Waals surface area (Å²) in [6.45, 7) is 4.96. The molecule has 0 atom stereocenters. The van der Waals surface area contributed by atoms with Crippen LogP contribution in [0.4, 0.5) is 0 Å². The van der Waals surface area contributed by atoms with Gasteiger partial charge in [-0.1, -0.05) is 18.0 Å². The molecule has 0 amide bonds. The predicted molar refractivity (Wildman–Crippen MR) is 82.0 cm³/mol. The van der Waals surface area contributed by atoms with Crippen LogP contribution in [0.15, 0.2) is 12.1 Å². The first-order valence-electron chi connectivity index (χ1n) is 7.21. The van der Waals surface area contributed by atoms with E-state index in [4.69, 9.17) is 16.3 Å². The summed E-state index contributed by atoms with van der Waals surface area (Å²) in [5, 5.41) is 0.618. The monoisotopic (exact) mass is 295 g/mol. The Bertz CT molecular complexity index is 482. The van der Waals surface area contributed by atoms with Gasteiger partial charge >= 0.3 is 0 Å². The number of rotatable bonds is 5. The maximum absolute atomic E-state index is 12.4. The second-order valence-electron chi connectivity index (χ2n) is 5.38. The summed E-state index contributed by atoms with van der Waals surface area (Å²) in [4.78, 5) is 14.7. The molecule has 1 aliphatic rings. The Morgan fingerprint density at radius 2 is 2.00 bits per heavy atom. The van der Waals surface area contributed by atoms with Gasteiger partial charge in [-0.05, 0) is 50.6 Å². The standard InChI is InChI=1S/C16H22ClNO2/c1-12-10-16(20-2)13(11-14(12)17)15(19)6-9-18-7-4-3-5-8-18/h10-11H,3-9H2,1-2H3. The van der Waals surface area contributed by atoms with E-state index in [1.807, 2.05) is 13.0 Å². The van der Waals surface area contributed by atoms with Crippen LogP contribution in [-0.2, 0) is 0 Å². The molecule has 0 aromatic heterocycles.